The van der Waals surface area contributed by atoms with E-state index >= 15 is 0 Å². The Kier molecular flexibility index (Phi) is 4.44. The number of benzene rings is 3. The highest BCUT2D eigenvalue weighted by Gasteiger charge is 2.26. The van der Waals surface area contributed by atoms with Gasteiger partial charge in [0, 0.05) is 39.8 Å². The van der Waals surface area contributed by atoms with Crippen molar-refractivity contribution in [2.45, 2.75) is 11.4 Å². The average molecular weight is 433 g/mol. The Morgan fingerprint density at radius 2 is 1.81 bits per heavy atom. The normalized spacial score (nSPS) is 13.7. The van der Waals surface area contributed by atoms with Crippen molar-refractivity contribution in [3.8, 4) is 16.9 Å². The largest absolute Gasteiger partial charge is 0.497 e. The lowest BCUT2D eigenvalue weighted by Crippen LogP contribution is -2.19. The lowest BCUT2D eigenvalue weighted by atomic mass is 10.0. The van der Waals surface area contributed by atoms with Gasteiger partial charge in [-0.1, -0.05) is 18.2 Å². The molecule has 7 nitrogen and oxygen atoms in total. The summed E-state index contributed by atoms with van der Waals surface area (Å²) in [7, 11) is -1.98. The molecule has 3 N–H and O–H groups in total. The number of pyridine rings is 1. The van der Waals surface area contributed by atoms with Gasteiger partial charge in [0.15, 0.2) is 0 Å². The van der Waals surface area contributed by atoms with Gasteiger partial charge in [0.1, 0.15) is 5.75 Å². The third-order valence-corrected chi connectivity index (χ3v) is 6.77. The van der Waals surface area contributed by atoms with E-state index in [9.17, 15) is 13.2 Å². The molecule has 1 aromatic heterocycles. The Morgan fingerprint density at radius 3 is 2.65 bits per heavy atom. The molecule has 1 aliphatic rings. The molecule has 31 heavy (non-hydrogen) atoms. The van der Waals surface area contributed by atoms with Crippen molar-refractivity contribution in [3.63, 3.8) is 0 Å². The summed E-state index contributed by atoms with van der Waals surface area (Å²) in [6.07, 6.45) is 0. The molecule has 4 aromatic rings. The fourth-order valence-electron chi connectivity index (χ4n) is 3.77. The first-order chi connectivity index (χ1) is 14.9. The summed E-state index contributed by atoms with van der Waals surface area (Å²) < 4.78 is 32.8. The molecule has 0 radical (unpaired) electrons. The first-order valence-electron chi connectivity index (χ1n) is 9.65. The molecule has 0 saturated heterocycles. The van der Waals surface area contributed by atoms with Crippen molar-refractivity contribution in [1.29, 1.82) is 0 Å². The molecule has 0 saturated carbocycles. The number of fused-ring (bicyclic) bond motifs is 4. The summed E-state index contributed by atoms with van der Waals surface area (Å²) in [5.74, 6) is 0.717. The summed E-state index contributed by atoms with van der Waals surface area (Å²) in [5, 5.41) is 4.15. The van der Waals surface area contributed by atoms with Crippen LogP contribution in [0, 0.1) is 0 Å². The van der Waals surface area contributed by atoms with Gasteiger partial charge in [0.2, 0.25) is 0 Å². The van der Waals surface area contributed by atoms with Gasteiger partial charge in [-0.15, -0.1) is 0 Å². The van der Waals surface area contributed by atoms with E-state index in [2.05, 4.69) is 15.0 Å². The van der Waals surface area contributed by atoms with Crippen LogP contribution in [-0.2, 0) is 16.6 Å². The number of aromatic nitrogens is 1. The van der Waals surface area contributed by atoms with Crippen LogP contribution < -0.4 is 20.3 Å². The van der Waals surface area contributed by atoms with Gasteiger partial charge < -0.3 is 15.0 Å². The average Bonchev–Trinajstić information content (AvgIpc) is 2.77. The number of sulfonamides is 1. The third kappa shape index (κ3) is 3.40. The van der Waals surface area contributed by atoms with Gasteiger partial charge in [-0.3, -0.25) is 9.52 Å². The van der Waals surface area contributed by atoms with Crippen LogP contribution in [0.3, 0.4) is 0 Å². The number of anilines is 2. The molecule has 0 spiro atoms. The Labute approximate surface area is 178 Å². The number of rotatable bonds is 4. The summed E-state index contributed by atoms with van der Waals surface area (Å²) in [4.78, 5) is 15.6. The van der Waals surface area contributed by atoms with Crippen LogP contribution in [-0.4, -0.2) is 20.5 Å². The van der Waals surface area contributed by atoms with Crippen LogP contribution in [0.1, 0.15) is 5.56 Å². The van der Waals surface area contributed by atoms with E-state index < -0.39 is 10.0 Å². The minimum atomic E-state index is -3.58. The molecular formula is C23H19N3O4S. The predicted molar refractivity (Wildman–Crippen MR) is 121 cm³/mol. The van der Waals surface area contributed by atoms with Crippen LogP contribution in [0.2, 0.25) is 0 Å². The minimum Gasteiger partial charge on any atom is -0.497 e. The molecule has 0 atom stereocenters. The first kappa shape index (κ1) is 19.2. The molecule has 156 valence electrons. The summed E-state index contributed by atoms with van der Waals surface area (Å²) in [6.45, 7) is 0.314. The summed E-state index contributed by atoms with van der Waals surface area (Å²) in [6, 6.07) is 19.6. The monoisotopic (exact) mass is 433 g/mol. The highest BCUT2D eigenvalue weighted by molar-refractivity contribution is 7.93. The van der Waals surface area contributed by atoms with Crippen LogP contribution in [0.15, 0.2) is 76.4 Å². The van der Waals surface area contributed by atoms with E-state index in [1.54, 1.807) is 43.5 Å². The highest BCUT2D eigenvalue weighted by atomic mass is 32.2. The van der Waals surface area contributed by atoms with Crippen LogP contribution >= 0.6 is 0 Å². The van der Waals surface area contributed by atoms with Crippen molar-refractivity contribution >= 4 is 32.3 Å². The summed E-state index contributed by atoms with van der Waals surface area (Å²) in [5.41, 5.74) is 3.90. The molecular weight excluding hydrogens is 414 g/mol. The predicted octanol–water partition coefficient (Wildman–Crippen LogP) is 3.93. The molecule has 0 amide bonds. The lowest BCUT2D eigenvalue weighted by molar-refractivity contribution is 0.415. The maximum Gasteiger partial charge on any atom is 0.262 e. The van der Waals surface area contributed by atoms with Crippen molar-refractivity contribution in [3.05, 3.63) is 82.6 Å². The number of ether oxygens (including phenoxy) is 1. The molecule has 5 rings (SSSR count). The number of H-pyrrole nitrogens is 1. The van der Waals surface area contributed by atoms with Gasteiger partial charge in [-0.25, -0.2) is 8.42 Å². The van der Waals surface area contributed by atoms with Gasteiger partial charge in [0.05, 0.1) is 17.7 Å². The second-order valence-electron chi connectivity index (χ2n) is 7.29. The SMILES string of the molecule is COc1ccc2[nH]c(=O)c(CNc3ccc4c(c3)-c3ccccc3S(=O)(=O)N4)cc2c1. The lowest BCUT2D eigenvalue weighted by Gasteiger charge is -2.22. The molecule has 0 bridgehead atoms. The fraction of sp³-hybridized carbons (Fsp3) is 0.0870. The maximum absolute atomic E-state index is 12.5. The molecule has 0 fully saturated rings. The van der Waals surface area contributed by atoms with Crippen LogP contribution in [0.4, 0.5) is 11.4 Å². The molecule has 1 aliphatic heterocycles. The van der Waals surface area contributed by atoms with Crippen molar-refractivity contribution in [2.24, 2.45) is 0 Å². The van der Waals surface area contributed by atoms with Gasteiger partial charge in [-0.2, -0.15) is 0 Å². The summed E-state index contributed by atoms with van der Waals surface area (Å²) >= 11 is 0. The molecule has 8 heteroatoms. The third-order valence-electron chi connectivity index (χ3n) is 5.34. The van der Waals surface area contributed by atoms with Gasteiger partial charge in [0.25, 0.3) is 15.6 Å². The topological polar surface area (TPSA) is 100 Å². The standard InChI is InChI=1S/C23H19N3O4S/c1-30-17-7-9-20-14(11-17)10-15(23(27)25-20)13-24-16-6-8-21-19(12-16)18-4-2-3-5-22(18)31(28,29)26-21/h2-12,24,26H,13H2,1H3,(H,25,27). The number of nitrogens with one attached hydrogen (secondary N) is 3. The molecule has 2 heterocycles. The maximum atomic E-state index is 12.5. The Hall–Kier alpha value is -3.78. The number of hydrogen-bond acceptors (Lipinski definition) is 5. The van der Waals surface area contributed by atoms with Crippen molar-refractivity contribution in [2.75, 3.05) is 17.1 Å². The second kappa shape index (κ2) is 7.17. The minimum absolute atomic E-state index is 0.166. The Bertz CT molecular complexity index is 1490. The first-order valence-corrected chi connectivity index (χ1v) is 11.1. The zero-order valence-corrected chi connectivity index (χ0v) is 17.4. The van der Waals surface area contributed by atoms with Crippen LogP contribution in [0.5, 0.6) is 5.75 Å². The fourth-order valence-corrected chi connectivity index (χ4v) is 5.08. The van der Waals surface area contributed by atoms with E-state index in [0.29, 0.717) is 29.1 Å². The molecule has 0 aliphatic carbocycles. The van der Waals surface area contributed by atoms with Gasteiger partial charge in [-0.05, 0) is 48.5 Å². The van der Waals surface area contributed by atoms with E-state index in [-0.39, 0.29) is 10.5 Å². The number of aromatic amines is 1. The van der Waals surface area contributed by atoms with E-state index in [1.807, 2.05) is 30.3 Å². The van der Waals surface area contributed by atoms with E-state index in [1.165, 1.54) is 0 Å². The van der Waals surface area contributed by atoms with E-state index in [4.69, 9.17) is 4.74 Å². The molecule has 0 unspecified atom stereocenters. The number of hydrogen-bond donors (Lipinski definition) is 3. The highest BCUT2D eigenvalue weighted by Crippen LogP contribution is 2.40. The van der Waals surface area contributed by atoms with Crippen molar-refractivity contribution in [1.82, 2.24) is 4.98 Å². The zero-order chi connectivity index (χ0) is 21.6. The van der Waals surface area contributed by atoms with Gasteiger partial charge >= 0.3 is 0 Å². The van der Waals surface area contributed by atoms with Crippen molar-refractivity contribution < 1.29 is 13.2 Å². The number of methoxy groups -OCH3 is 1. The zero-order valence-electron chi connectivity index (χ0n) is 16.6. The quantitative estimate of drug-likeness (QED) is 0.453. The Balaban J connectivity index is 1.47. The Morgan fingerprint density at radius 1 is 0.968 bits per heavy atom. The van der Waals surface area contributed by atoms with E-state index in [0.717, 1.165) is 22.2 Å². The molecule has 3 aromatic carbocycles. The van der Waals surface area contributed by atoms with Crippen LogP contribution in [0.25, 0.3) is 22.0 Å². The smallest absolute Gasteiger partial charge is 0.262 e. The second-order valence-corrected chi connectivity index (χ2v) is 8.94.